The molecule has 8 heteroatoms. The first-order valence-electron chi connectivity index (χ1n) is 5.51. The number of halogens is 4. The van der Waals surface area contributed by atoms with Crippen molar-refractivity contribution in [2.24, 2.45) is 0 Å². The van der Waals surface area contributed by atoms with E-state index in [4.69, 9.17) is 0 Å². The van der Waals surface area contributed by atoms with E-state index < -0.39 is 11.9 Å². The minimum atomic E-state index is -4.64. The zero-order valence-electron chi connectivity index (χ0n) is 9.76. The molecule has 3 aromatic rings. The molecule has 0 unspecified atom stereocenters. The van der Waals surface area contributed by atoms with Crippen LogP contribution in [0.1, 0.15) is 5.69 Å². The lowest BCUT2D eigenvalue weighted by Gasteiger charge is -2.05. The fourth-order valence-corrected chi connectivity index (χ4v) is 1.80. The van der Waals surface area contributed by atoms with Gasteiger partial charge in [-0.2, -0.15) is 23.1 Å². The Kier molecular flexibility index (Phi) is 2.66. The summed E-state index contributed by atoms with van der Waals surface area (Å²) in [4.78, 5) is 4.19. The van der Waals surface area contributed by atoms with E-state index >= 15 is 0 Å². The highest BCUT2D eigenvalue weighted by Crippen LogP contribution is 2.30. The molecule has 0 aliphatic heterocycles. The van der Waals surface area contributed by atoms with Gasteiger partial charge in [-0.05, 0) is 18.2 Å². The van der Waals surface area contributed by atoms with Gasteiger partial charge < -0.3 is 0 Å². The minimum Gasteiger partial charge on any atom is -0.226 e. The molecule has 1 aromatic carbocycles. The largest absolute Gasteiger partial charge is 0.435 e. The zero-order chi connectivity index (χ0) is 14.3. The number of para-hydroxylation sites is 2. The molecule has 0 N–H and O–H groups in total. The molecular weight excluding hydrogens is 276 g/mol. The number of hydrogen-bond acceptors (Lipinski definition) is 3. The van der Waals surface area contributed by atoms with Crippen molar-refractivity contribution in [3.63, 3.8) is 0 Å². The maximum absolute atomic E-state index is 14.1. The normalized spacial score (nSPS) is 12.0. The van der Waals surface area contributed by atoms with Crippen molar-refractivity contribution in [3.8, 4) is 11.4 Å². The van der Waals surface area contributed by atoms with Gasteiger partial charge in [0.15, 0.2) is 11.5 Å². The molecule has 3 rings (SSSR count). The number of imidazole rings is 1. The molecule has 0 atom stereocenters. The second-order valence-corrected chi connectivity index (χ2v) is 4.03. The molecular formula is C12H6F4N4. The predicted octanol–water partition coefficient (Wildman–Crippen LogP) is 3.24. The van der Waals surface area contributed by atoms with E-state index in [9.17, 15) is 17.7 Å². The van der Waals surface area contributed by atoms with E-state index in [1.807, 2.05) is 0 Å². The first kappa shape index (κ1) is 12.5. The van der Waals surface area contributed by atoms with Crippen LogP contribution in [0.15, 0.2) is 36.5 Å². The molecule has 0 fully saturated rings. The van der Waals surface area contributed by atoms with Gasteiger partial charge in [0.05, 0.1) is 11.7 Å². The van der Waals surface area contributed by atoms with Gasteiger partial charge in [-0.3, -0.25) is 0 Å². The molecule has 0 bridgehead atoms. The quantitative estimate of drug-likeness (QED) is 0.643. The third-order valence-electron chi connectivity index (χ3n) is 2.71. The van der Waals surface area contributed by atoms with Crippen LogP contribution in [0.5, 0.6) is 0 Å². The summed E-state index contributed by atoms with van der Waals surface area (Å²) >= 11 is 0. The maximum atomic E-state index is 14.1. The Balaban J connectivity index is 2.18. The van der Waals surface area contributed by atoms with Crippen molar-refractivity contribution < 1.29 is 17.7 Å². The van der Waals surface area contributed by atoms with Gasteiger partial charge in [-0.1, -0.05) is 16.6 Å². The number of alkyl halides is 3. The van der Waals surface area contributed by atoms with Crippen molar-refractivity contribution in [1.82, 2.24) is 20.0 Å². The summed E-state index contributed by atoms with van der Waals surface area (Å²) in [5.41, 5.74) is -0.767. The monoisotopic (exact) mass is 282 g/mol. The lowest BCUT2D eigenvalue weighted by Crippen LogP contribution is -2.09. The van der Waals surface area contributed by atoms with Gasteiger partial charge >= 0.3 is 6.18 Å². The molecule has 0 amide bonds. The summed E-state index contributed by atoms with van der Waals surface area (Å²) in [6.45, 7) is 0. The average molecular weight is 282 g/mol. The smallest absolute Gasteiger partial charge is 0.226 e. The molecule has 0 radical (unpaired) electrons. The van der Waals surface area contributed by atoms with Gasteiger partial charge in [0.2, 0.25) is 0 Å². The summed E-state index contributed by atoms with van der Waals surface area (Å²) in [6.07, 6.45) is -3.61. The standard InChI is InChI=1S/C12H6F4N4/c13-12(14,15)10-5-7(6-17-19-10)11-18-8-3-1-2-4-9(8)20(11)16/h1-6H. The van der Waals surface area contributed by atoms with Crippen LogP contribution >= 0.6 is 0 Å². The highest BCUT2D eigenvalue weighted by atomic mass is 19.4. The number of rotatable bonds is 1. The molecule has 0 spiro atoms. The number of nitrogens with zero attached hydrogens (tertiary/aromatic N) is 4. The third kappa shape index (κ3) is 1.98. The van der Waals surface area contributed by atoms with Crippen molar-refractivity contribution >= 4 is 11.0 Å². The number of benzene rings is 1. The van der Waals surface area contributed by atoms with Crippen molar-refractivity contribution in [3.05, 3.63) is 42.2 Å². The Morgan fingerprint density at radius 1 is 1.10 bits per heavy atom. The second-order valence-electron chi connectivity index (χ2n) is 4.03. The van der Waals surface area contributed by atoms with E-state index in [0.717, 1.165) is 6.20 Å². The molecule has 102 valence electrons. The number of aromatic nitrogens is 4. The molecule has 20 heavy (non-hydrogen) atoms. The summed E-state index contributed by atoms with van der Waals surface area (Å²) in [5.74, 6) is -0.244. The van der Waals surface area contributed by atoms with Crippen LogP contribution < -0.4 is 0 Å². The summed E-state index contributed by atoms with van der Waals surface area (Å²) in [6, 6.07) is 7.02. The zero-order valence-corrected chi connectivity index (χ0v) is 9.76. The Morgan fingerprint density at radius 3 is 2.55 bits per heavy atom. The first-order chi connectivity index (χ1) is 9.47. The van der Waals surface area contributed by atoms with Crippen LogP contribution in [0, 0.1) is 0 Å². The minimum absolute atomic E-state index is 0.0916. The molecule has 0 saturated carbocycles. The number of fused-ring (bicyclic) bond motifs is 1. The third-order valence-corrected chi connectivity index (χ3v) is 2.71. The van der Waals surface area contributed by atoms with Crippen LogP contribution in [0.3, 0.4) is 0 Å². The maximum Gasteiger partial charge on any atom is 0.435 e. The predicted molar refractivity (Wildman–Crippen MR) is 62.3 cm³/mol. The molecule has 0 aliphatic carbocycles. The molecule has 0 aliphatic rings. The van der Waals surface area contributed by atoms with Crippen molar-refractivity contribution in [2.45, 2.75) is 6.18 Å². The van der Waals surface area contributed by atoms with Crippen LogP contribution in [0.4, 0.5) is 17.7 Å². The Hall–Kier alpha value is -2.51. The van der Waals surface area contributed by atoms with Gasteiger partial charge in [0.25, 0.3) is 0 Å². The van der Waals surface area contributed by atoms with Gasteiger partial charge in [-0.25, -0.2) is 4.98 Å². The average Bonchev–Trinajstić information content (AvgIpc) is 2.76. The second kappa shape index (κ2) is 4.26. The van der Waals surface area contributed by atoms with E-state index in [0.29, 0.717) is 11.6 Å². The fraction of sp³-hybridized carbons (Fsp3) is 0.0833. The van der Waals surface area contributed by atoms with Gasteiger partial charge in [0.1, 0.15) is 5.52 Å². The van der Waals surface area contributed by atoms with Crippen LogP contribution in [-0.4, -0.2) is 20.0 Å². The van der Waals surface area contributed by atoms with E-state index in [1.165, 1.54) is 6.07 Å². The van der Waals surface area contributed by atoms with Gasteiger partial charge in [0, 0.05) is 5.56 Å². The highest BCUT2D eigenvalue weighted by Gasteiger charge is 2.33. The lowest BCUT2D eigenvalue weighted by molar-refractivity contribution is -0.141. The Morgan fingerprint density at radius 2 is 1.85 bits per heavy atom. The van der Waals surface area contributed by atoms with Crippen LogP contribution in [0.2, 0.25) is 0 Å². The highest BCUT2D eigenvalue weighted by molar-refractivity contribution is 5.79. The van der Waals surface area contributed by atoms with E-state index in [1.54, 1.807) is 18.2 Å². The number of hydrogen-bond donors (Lipinski definition) is 0. The molecule has 2 heterocycles. The van der Waals surface area contributed by atoms with E-state index in [-0.39, 0.29) is 21.7 Å². The lowest BCUT2D eigenvalue weighted by atomic mass is 10.2. The first-order valence-corrected chi connectivity index (χ1v) is 5.51. The van der Waals surface area contributed by atoms with Crippen molar-refractivity contribution in [2.75, 3.05) is 0 Å². The fourth-order valence-electron chi connectivity index (χ4n) is 1.80. The molecule has 2 aromatic heterocycles. The summed E-state index contributed by atoms with van der Waals surface area (Å²) in [7, 11) is 0. The summed E-state index contributed by atoms with van der Waals surface area (Å²) < 4.78 is 51.8. The Labute approximate surface area is 109 Å². The van der Waals surface area contributed by atoms with Gasteiger partial charge in [-0.15, -0.1) is 5.10 Å². The Bertz CT molecular complexity index is 778. The topological polar surface area (TPSA) is 43.6 Å². The van der Waals surface area contributed by atoms with Crippen LogP contribution in [0.25, 0.3) is 22.4 Å². The summed E-state index contributed by atoms with van der Waals surface area (Å²) in [5, 5.41) is 6.23. The van der Waals surface area contributed by atoms with E-state index in [2.05, 4.69) is 15.2 Å². The molecule has 4 nitrogen and oxygen atoms in total. The van der Waals surface area contributed by atoms with Crippen molar-refractivity contribution in [1.29, 1.82) is 0 Å². The van der Waals surface area contributed by atoms with Crippen LogP contribution in [-0.2, 0) is 6.18 Å². The SMILES string of the molecule is Fn1c(-c2cnnc(C(F)(F)F)c2)nc2ccccc21. The molecule has 0 saturated heterocycles.